The maximum atomic E-state index is 13.0. The highest BCUT2D eigenvalue weighted by molar-refractivity contribution is 5.87. The van der Waals surface area contributed by atoms with Crippen LogP contribution in [0, 0.1) is 0 Å². The van der Waals surface area contributed by atoms with Gasteiger partial charge in [0.1, 0.15) is 17.7 Å². The van der Waals surface area contributed by atoms with Crippen molar-refractivity contribution in [3.05, 3.63) is 35.9 Å². The number of rotatable bonds is 5. The van der Waals surface area contributed by atoms with Crippen LogP contribution in [-0.2, 0) is 30.4 Å². The first kappa shape index (κ1) is 22.1. The number of hydrogen-bond donors (Lipinski definition) is 1. The number of carbonyl (C=O) groups excluding carboxylic acids is 3. The minimum atomic E-state index is -0.861. The third kappa shape index (κ3) is 5.95. The van der Waals surface area contributed by atoms with E-state index in [0.29, 0.717) is 13.0 Å². The molecule has 2 amide bonds. The zero-order valence-electron chi connectivity index (χ0n) is 17.8. The van der Waals surface area contributed by atoms with Crippen LogP contribution in [-0.4, -0.2) is 53.4 Å². The lowest BCUT2D eigenvalue weighted by Gasteiger charge is -2.36. The van der Waals surface area contributed by atoms with Crippen molar-refractivity contribution in [3.63, 3.8) is 0 Å². The molecule has 1 aromatic carbocycles. The fourth-order valence-electron chi connectivity index (χ4n) is 3.58. The molecule has 2 aliphatic heterocycles. The molecule has 2 heterocycles. The summed E-state index contributed by atoms with van der Waals surface area (Å²) in [5, 5.41) is 2.85. The van der Waals surface area contributed by atoms with Crippen LogP contribution in [0.1, 0.15) is 52.0 Å². The summed E-state index contributed by atoms with van der Waals surface area (Å²) in [5.41, 5.74) is 0.298. The third-order valence-electron chi connectivity index (χ3n) is 4.98. The van der Waals surface area contributed by atoms with Gasteiger partial charge < -0.3 is 19.5 Å². The Bertz CT molecular complexity index is 761. The number of esters is 1. The number of benzene rings is 1. The van der Waals surface area contributed by atoms with E-state index in [-0.39, 0.29) is 18.9 Å². The summed E-state index contributed by atoms with van der Waals surface area (Å²) < 4.78 is 16.4. The first-order valence-corrected chi connectivity index (χ1v) is 10.4. The maximum Gasteiger partial charge on any atom is 0.410 e. The van der Waals surface area contributed by atoms with Gasteiger partial charge in [0, 0.05) is 6.54 Å². The van der Waals surface area contributed by atoms with Crippen LogP contribution in [0.25, 0.3) is 0 Å². The topological polar surface area (TPSA) is 94.2 Å². The van der Waals surface area contributed by atoms with Gasteiger partial charge in [-0.1, -0.05) is 30.3 Å². The molecule has 3 rings (SSSR count). The van der Waals surface area contributed by atoms with Gasteiger partial charge in [0.15, 0.2) is 0 Å². The zero-order chi connectivity index (χ0) is 21.7. The number of ether oxygens (including phenoxy) is 3. The molecule has 0 bridgehead atoms. The first-order valence-electron chi connectivity index (χ1n) is 10.4. The second-order valence-corrected chi connectivity index (χ2v) is 8.66. The lowest BCUT2D eigenvalue weighted by Crippen LogP contribution is -2.55. The molecular formula is C22H30N2O6. The largest absolute Gasteiger partial charge is 0.444 e. The Morgan fingerprint density at radius 1 is 1.20 bits per heavy atom. The summed E-state index contributed by atoms with van der Waals surface area (Å²) in [6, 6.07) is 8.27. The predicted octanol–water partition coefficient (Wildman–Crippen LogP) is 2.75. The van der Waals surface area contributed by atoms with Crippen molar-refractivity contribution in [3.8, 4) is 0 Å². The van der Waals surface area contributed by atoms with Crippen LogP contribution < -0.4 is 5.32 Å². The molecule has 164 valence electrons. The van der Waals surface area contributed by atoms with Gasteiger partial charge in [-0.25, -0.2) is 4.79 Å². The number of hydrogen-bond acceptors (Lipinski definition) is 6. The summed E-state index contributed by atoms with van der Waals surface area (Å²) in [5.74, 6) is -0.747. The van der Waals surface area contributed by atoms with Crippen molar-refractivity contribution in [2.24, 2.45) is 0 Å². The van der Waals surface area contributed by atoms with Crippen molar-refractivity contribution in [1.82, 2.24) is 10.2 Å². The van der Waals surface area contributed by atoms with Gasteiger partial charge >= 0.3 is 12.1 Å². The molecule has 2 aliphatic rings. The molecular weight excluding hydrogens is 388 g/mol. The Morgan fingerprint density at radius 2 is 1.93 bits per heavy atom. The summed E-state index contributed by atoms with van der Waals surface area (Å²) in [6.07, 6.45) is 0.868. The third-order valence-corrected chi connectivity index (χ3v) is 4.98. The van der Waals surface area contributed by atoms with Crippen molar-refractivity contribution < 1.29 is 28.6 Å². The molecule has 2 fully saturated rings. The van der Waals surface area contributed by atoms with Gasteiger partial charge in [0.2, 0.25) is 12.2 Å². The molecule has 2 unspecified atom stereocenters. The quantitative estimate of drug-likeness (QED) is 0.739. The van der Waals surface area contributed by atoms with E-state index in [1.807, 2.05) is 30.3 Å². The Hall–Kier alpha value is -2.61. The molecule has 1 aromatic rings. The highest BCUT2D eigenvalue weighted by Crippen LogP contribution is 2.23. The fraction of sp³-hybridized carbons (Fsp3) is 0.591. The van der Waals surface area contributed by atoms with Gasteiger partial charge in [-0.05, 0) is 45.6 Å². The lowest BCUT2D eigenvalue weighted by molar-refractivity contribution is -0.168. The highest BCUT2D eigenvalue weighted by atomic mass is 16.7. The molecule has 0 aliphatic carbocycles. The number of amides is 2. The fourth-order valence-corrected chi connectivity index (χ4v) is 3.58. The van der Waals surface area contributed by atoms with Gasteiger partial charge in [-0.15, -0.1) is 0 Å². The van der Waals surface area contributed by atoms with Crippen molar-refractivity contribution in [2.45, 2.75) is 77.0 Å². The van der Waals surface area contributed by atoms with Crippen LogP contribution in [0.2, 0.25) is 0 Å². The molecule has 0 aromatic heterocycles. The average molecular weight is 418 g/mol. The highest BCUT2D eigenvalue weighted by Gasteiger charge is 2.40. The molecule has 0 saturated carbocycles. The van der Waals surface area contributed by atoms with E-state index in [0.717, 1.165) is 18.4 Å². The van der Waals surface area contributed by atoms with Crippen LogP contribution in [0.3, 0.4) is 0 Å². The normalized spacial score (nSPS) is 24.3. The van der Waals surface area contributed by atoms with Crippen molar-refractivity contribution >= 4 is 18.0 Å². The summed E-state index contributed by atoms with van der Waals surface area (Å²) in [6.45, 7) is 6.10. The molecule has 3 atom stereocenters. The second-order valence-electron chi connectivity index (χ2n) is 8.66. The Labute approximate surface area is 176 Å². The van der Waals surface area contributed by atoms with E-state index in [9.17, 15) is 14.4 Å². The summed E-state index contributed by atoms with van der Waals surface area (Å²) in [4.78, 5) is 38.8. The van der Waals surface area contributed by atoms with Crippen LogP contribution in [0.5, 0.6) is 0 Å². The Kier molecular flexibility index (Phi) is 6.97. The van der Waals surface area contributed by atoms with Gasteiger partial charge in [-0.3, -0.25) is 14.5 Å². The lowest BCUT2D eigenvalue weighted by atomic mass is 10.0. The maximum absolute atomic E-state index is 13.0. The zero-order valence-corrected chi connectivity index (χ0v) is 17.8. The molecule has 2 saturated heterocycles. The number of cyclic esters (lactones) is 1. The number of piperidine rings is 1. The molecule has 8 nitrogen and oxygen atoms in total. The smallest absolute Gasteiger partial charge is 0.410 e. The second kappa shape index (κ2) is 9.47. The van der Waals surface area contributed by atoms with E-state index in [1.165, 1.54) is 4.90 Å². The molecule has 8 heteroatoms. The van der Waals surface area contributed by atoms with Gasteiger partial charge in [-0.2, -0.15) is 0 Å². The first-order chi connectivity index (χ1) is 14.2. The minimum Gasteiger partial charge on any atom is -0.444 e. The molecule has 30 heavy (non-hydrogen) atoms. The number of nitrogens with one attached hydrogen (secondary N) is 1. The average Bonchev–Trinajstić information content (AvgIpc) is 3.05. The number of carbonyl (C=O) groups is 3. The minimum absolute atomic E-state index is 0.0321. The van der Waals surface area contributed by atoms with Crippen LogP contribution in [0.4, 0.5) is 4.79 Å². The number of nitrogens with zero attached hydrogens (tertiary/aromatic N) is 1. The van der Waals surface area contributed by atoms with Gasteiger partial charge in [0.25, 0.3) is 0 Å². The van der Waals surface area contributed by atoms with E-state index in [1.54, 1.807) is 20.8 Å². The summed E-state index contributed by atoms with van der Waals surface area (Å²) in [7, 11) is 0. The van der Waals surface area contributed by atoms with Crippen LogP contribution in [0.15, 0.2) is 30.3 Å². The van der Waals surface area contributed by atoms with Crippen molar-refractivity contribution in [1.29, 1.82) is 0 Å². The Balaban J connectivity index is 1.61. The predicted molar refractivity (Wildman–Crippen MR) is 108 cm³/mol. The van der Waals surface area contributed by atoms with E-state index in [4.69, 9.17) is 14.2 Å². The molecule has 1 N–H and O–H groups in total. The Morgan fingerprint density at radius 3 is 2.63 bits per heavy atom. The van der Waals surface area contributed by atoms with E-state index < -0.39 is 36.0 Å². The number of likely N-dealkylation sites (tertiary alicyclic amines) is 1. The molecule has 0 radical (unpaired) electrons. The SMILES string of the molecule is CC(C)(C)OC(=O)N1CCCC[C@H]1C(=O)NC1CC(=O)OC1OCc1ccccc1. The van der Waals surface area contributed by atoms with Crippen molar-refractivity contribution in [2.75, 3.05) is 6.54 Å². The van der Waals surface area contributed by atoms with E-state index in [2.05, 4.69) is 5.32 Å². The van der Waals surface area contributed by atoms with Crippen LogP contribution >= 0.6 is 0 Å². The van der Waals surface area contributed by atoms with E-state index >= 15 is 0 Å². The molecule has 0 spiro atoms. The monoisotopic (exact) mass is 418 g/mol. The van der Waals surface area contributed by atoms with Gasteiger partial charge in [0.05, 0.1) is 13.0 Å². The standard InChI is InChI=1S/C22H30N2O6/c1-22(2,3)30-21(27)24-12-8-7-11-17(24)19(26)23-16-13-18(25)29-20(16)28-14-15-9-5-4-6-10-15/h4-6,9-10,16-17,20H,7-8,11-14H2,1-3H3,(H,23,26)/t16?,17-,20?/m0/s1. The summed E-state index contributed by atoms with van der Waals surface area (Å²) >= 11 is 0.